The monoisotopic (exact) mass is 302 g/mol. The van der Waals surface area contributed by atoms with Crippen molar-refractivity contribution in [3.05, 3.63) is 33.3 Å². The Hall–Kier alpha value is -0.250. The van der Waals surface area contributed by atoms with E-state index in [0.29, 0.717) is 5.92 Å². The number of nitrogen functional groups attached to an aromatic ring is 1. The van der Waals surface area contributed by atoms with Crippen molar-refractivity contribution in [1.82, 2.24) is 0 Å². The molecule has 0 aliphatic rings. The number of hydrogen-bond acceptors (Lipinski definition) is 1. The van der Waals surface area contributed by atoms with Crippen LogP contribution in [-0.4, -0.2) is 0 Å². The van der Waals surface area contributed by atoms with Crippen LogP contribution >= 0.6 is 22.6 Å². The minimum absolute atomic E-state index is 0.592. The van der Waals surface area contributed by atoms with Gasteiger partial charge in [0, 0.05) is 9.26 Å². The highest BCUT2D eigenvalue weighted by molar-refractivity contribution is 14.1. The Morgan fingerprint density at radius 3 is 2.57 bits per heavy atom. The largest absolute Gasteiger partial charge is 0.398 e. The second-order valence-electron chi connectivity index (χ2n) is 4.09. The predicted octanol–water partition coefficient (Wildman–Crippen LogP) is 3.98. The molecule has 0 bridgehead atoms. The van der Waals surface area contributed by atoms with E-state index in [0.717, 1.165) is 15.7 Å². The van der Waals surface area contributed by atoms with Gasteiger partial charge in [-0.2, -0.15) is 0 Å². The van der Waals surface area contributed by atoms with Gasteiger partial charge in [0.2, 0.25) is 0 Å². The zero-order chi connectivity index (χ0) is 10.7. The molecular weight excluding hydrogens is 285 g/mol. The predicted molar refractivity (Wildman–Crippen MR) is 71.2 cm³/mol. The van der Waals surface area contributed by atoms with Crippen LogP contribution in [0.4, 0.5) is 5.69 Å². The Labute approximate surface area is 100 Å². The highest BCUT2D eigenvalue weighted by Gasteiger charge is 2.09. The summed E-state index contributed by atoms with van der Waals surface area (Å²) in [6.07, 6.45) is 1.15. The molecule has 1 nitrogen and oxygen atoms in total. The van der Waals surface area contributed by atoms with E-state index in [9.17, 15) is 0 Å². The summed E-state index contributed by atoms with van der Waals surface area (Å²) >= 11 is 2.29. The third-order valence-electron chi connectivity index (χ3n) is 2.31. The lowest BCUT2D eigenvalue weighted by Crippen LogP contribution is -1.99. The standard InChI is InChI=1S/C12H17IN/c1-8(2)6-9(3)10-4-5-12(14)11(13)7-10/h4-5,7,9H,6,14H2,1-3H3. The first kappa shape index (κ1) is 11.8. The van der Waals surface area contributed by atoms with Gasteiger partial charge in [-0.1, -0.05) is 26.8 Å². The van der Waals surface area contributed by atoms with Crippen molar-refractivity contribution in [2.75, 3.05) is 5.73 Å². The molecule has 0 fully saturated rings. The van der Waals surface area contributed by atoms with Crippen LogP contribution in [0, 0.1) is 9.49 Å². The maximum atomic E-state index is 5.78. The van der Waals surface area contributed by atoms with Crippen molar-refractivity contribution in [2.24, 2.45) is 0 Å². The maximum absolute atomic E-state index is 5.78. The molecule has 2 N–H and O–H groups in total. The van der Waals surface area contributed by atoms with Gasteiger partial charge in [0.25, 0.3) is 0 Å². The molecule has 77 valence electrons. The molecule has 1 rings (SSSR count). The molecule has 0 aliphatic heterocycles. The Morgan fingerprint density at radius 2 is 2.07 bits per heavy atom. The van der Waals surface area contributed by atoms with Gasteiger partial charge in [0.1, 0.15) is 0 Å². The van der Waals surface area contributed by atoms with Crippen LogP contribution in [0.1, 0.15) is 38.7 Å². The third kappa shape index (κ3) is 3.15. The molecule has 1 aromatic carbocycles. The van der Waals surface area contributed by atoms with Crippen molar-refractivity contribution < 1.29 is 0 Å². The molecule has 2 heteroatoms. The number of anilines is 1. The molecule has 1 unspecified atom stereocenters. The fourth-order valence-electron chi connectivity index (χ4n) is 1.58. The molecule has 0 amide bonds. The van der Waals surface area contributed by atoms with Gasteiger partial charge in [-0.3, -0.25) is 0 Å². The quantitative estimate of drug-likeness (QED) is 0.663. The first-order valence-electron chi connectivity index (χ1n) is 4.84. The number of halogens is 1. The van der Waals surface area contributed by atoms with Crippen LogP contribution in [0.15, 0.2) is 18.2 Å². The van der Waals surface area contributed by atoms with Crippen LogP contribution in [0.25, 0.3) is 0 Å². The number of benzene rings is 1. The Kier molecular flexibility index (Phi) is 4.23. The summed E-state index contributed by atoms with van der Waals surface area (Å²) < 4.78 is 1.15. The van der Waals surface area contributed by atoms with Gasteiger partial charge in [-0.05, 0) is 58.5 Å². The van der Waals surface area contributed by atoms with Gasteiger partial charge < -0.3 is 5.73 Å². The third-order valence-corrected chi connectivity index (χ3v) is 3.24. The highest BCUT2D eigenvalue weighted by Crippen LogP contribution is 2.27. The average molecular weight is 302 g/mol. The van der Waals surface area contributed by atoms with E-state index in [1.807, 2.05) is 6.07 Å². The summed E-state index contributed by atoms with van der Waals surface area (Å²) in [4.78, 5) is 0. The van der Waals surface area contributed by atoms with Crippen LogP contribution in [0.5, 0.6) is 0 Å². The number of rotatable bonds is 3. The van der Waals surface area contributed by atoms with Gasteiger partial charge in [-0.15, -0.1) is 0 Å². The summed E-state index contributed by atoms with van der Waals surface area (Å²) in [7, 11) is 0. The fourth-order valence-corrected chi connectivity index (χ4v) is 2.12. The van der Waals surface area contributed by atoms with E-state index in [-0.39, 0.29) is 0 Å². The van der Waals surface area contributed by atoms with Crippen molar-refractivity contribution in [1.29, 1.82) is 0 Å². The molecule has 14 heavy (non-hydrogen) atoms. The smallest absolute Gasteiger partial charge is 0.0449 e. The highest BCUT2D eigenvalue weighted by atomic mass is 127. The van der Waals surface area contributed by atoms with Gasteiger partial charge in [-0.25, -0.2) is 0 Å². The van der Waals surface area contributed by atoms with Crippen molar-refractivity contribution in [3.63, 3.8) is 0 Å². The topological polar surface area (TPSA) is 26.0 Å². The molecule has 0 heterocycles. The summed E-state index contributed by atoms with van der Waals surface area (Å²) in [5, 5.41) is 0. The molecule has 1 radical (unpaired) electrons. The lowest BCUT2D eigenvalue weighted by molar-refractivity contribution is 0.693. The molecule has 1 atom stereocenters. The molecule has 0 aromatic heterocycles. The van der Waals surface area contributed by atoms with E-state index in [2.05, 4.69) is 55.5 Å². The normalized spacial score (nSPS) is 13.2. The number of nitrogens with two attached hydrogens (primary N) is 1. The molecule has 1 aromatic rings. The zero-order valence-electron chi connectivity index (χ0n) is 8.97. The van der Waals surface area contributed by atoms with Crippen LogP contribution in [0.2, 0.25) is 0 Å². The Morgan fingerprint density at radius 1 is 1.43 bits per heavy atom. The lowest BCUT2D eigenvalue weighted by atomic mass is 9.92. The van der Waals surface area contributed by atoms with Crippen LogP contribution < -0.4 is 5.73 Å². The average Bonchev–Trinajstić information content (AvgIpc) is 2.08. The van der Waals surface area contributed by atoms with Crippen LogP contribution in [-0.2, 0) is 0 Å². The summed E-state index contributed by atoms with van der Waals surface area (Å²) in [6, 6.07) is 6.31. The van der Waals surface area contributed by atoms with Crippen molar-refractivity contribution >= 4 is 28.3 Å². The fraction of sp³-hybridized carbons (Fsp3) is 0.417. The van der Waals surface area contributed by atoms with E-state index < -0.39 is 0 Å². The minimum Gasteiger partial charge on any atom is -0.398 e. The molecule has 0 saturated heterocycles. The maximum Gasteiger partial charge on any atom is 0.0449 e. The first-order chi connectivity index (χ1) is 6.50. The minimum atomic E-state index is 0.592. The molecule has 0 spiro atoms. The first-order valence-corrected chi connectivity index (χ1v) is 5.92. The van der Waals surface area contributed by atoms with E-state index in [1.165, 1.54) is 11.5 Å². The van der Waals surface area contributed by atoms with E-state index in [1.54, 1.807) is 0 Å². The van der Waals surface area contributed by atoms with E-state index >= 15 is 0 Å². The lowest BCUT2D eigenvalue weighted by Gasteiger charge is -2.14. The summed E-state index contributed by atoms with van der Waals surface area (Å²) in [6.45, 7) is 6.62. The molecule has 0 aliphatic carbocycles. The van der Waals surface area contributed by atoms with Gasteiger partial charge >= 0.3 is 0 Å². The second kappa shape index (κ2) is 5.01. The van der Waals surface area contributed by atoms with Gasteiger partial charge in [0.05, 0.1) is 0 Å². The van der Waals surface area contributed by atoms with E-state index in [4.69, 9.17) is 5.73 Å². The van der Waals surface area contributed by atoms with Crippen molar-refractivity contribution in [3.8, 4) is 0 Å². The SMILES string of the molecule is C[C](C)CC(C)c1ccc(N)c(I)c1. The second-order valence-corrected chi connectivity index (χ2v) is 5.26. The molecular formula is C12H17IN. The van der Waals surface area contributed by atoms with Crippen molar-refractivity contribution in [2.45, 2.75) is 33.1 Å². The molecule has 0 saturated carbocycles. The zero-order valence-corrected chi connectivity index (χ0v) is 11.1. The Balaban J connectivity index is 2.80. The summed E-state index contributed by atoms with van der Waals surface area (Å²) in [5.41, 5.74) is 8.03. The Bertz CT molecular complexity index is 307. The summed E-state index contributed by atoms with van der Waals surface area (Å²) in [5.74, 6) is 2.07. The number of hydrogen-bond donors (Lipinski definition) is 1. The van der Waals surface area contributed by atoms with Gasteiger partial charge in [0.15, 0.2) is 0 Å². The van der Waals surface area contributed by atoms with Crippen LogP contribution in [0.3, 0.4) is 0 Å².